The number of carboxylic acids is 1. The summed E-state index contributed by atoms with van der Waals surface area (Å²) in [6, 6.07) is 8.18. The minimum atomic E-state index is -1.07. The molecule has 1 aliphatic carbocycles. The predicted molar refractivity (Wildman–Crippen MR) is 100 cm³/mol. The molecule has 8 nitrogen and oxygen atoms in total. The largest absolute Gasteiger partial charge is 0.480 e. The molecule has 4 N–H and O–H groups in total. The van der Waals surface area contributed by atoms with Crippen LogP contribution in [0.2, 0.25) is 0 Å². The van der Waals surface area contributed by atoms with Gasteiger partial charge in [0.25, 0.3) is 11.1 Å². The van der Waals surface area contributed by atoms with E-state index in [-0.39, 0.29) is 23.3 Å². The minimum absolute atomic E-state index is 0.0730. The lowest BCUT2D eigenvalue weighted by Gasteiger charge is -2.17. The van der Waals surface area contributed by atoms with E-state index in [0.717, 1.165) is 30.5 Å². The van der Waals surface area contributed by atoms with Crippen LogP contribution in [0.25, 0.3) is 5.65 Å². The van der Waals surface area contributed by atoms with Crippen LogP contribution in [-0.4, -0.2) is 31.7 Å². The fourth-order valence-corrected chi connectivity index (χ4v) is 3.62. The second-order valence-electron chi connectivity index (χ2n) is 6.82. The molecule has 1 aromatic carbocycles. The van der Waals surface area contributed by atoms with Crippen LogP contribution in [0.1, 0.15) is 29.7 Å². The van der Waals surface area contributed by atoms with Gasteiger partial charge in [-0.1, -0.05) is 30.3 Å². The van der Waals surface area contributed by atoms with Crippen LogP contribution >= 0.6 is 0 Å². The SMILES string of the molecule is O=C(O)C(Cc1ccccc1)Nc1c(=O)[nH]n2c(=O)c3c([nH]c12)CCCC3. The molecule has 1 atom stereocenters. The lowest BCUT2D eigenvalue weighted by atomic mass is 9.97. The van der Waals surface area contributed by atoms with Crippen molar-refractivity contribution in [1.82, 2.24) is 14.6 Å². The topological polar surface area (TPSA) is 119 Å². The third-order valence-corrected chi connectivity index (χ3v) is 5.00. The van der Waals surface area contributed by atoms with E-state index in [4.69, 9.17) is 0 Å². The molecular formula is C19H20N4O4. The number of aromatic amines is 2. The molecule has 4 rings (SSSR count). The number of aromatic nitrogens is 3. The average molecular weight is 368 g/mol. The van der Waals surface area contributed by atoms with Crippen molar-refractivity contribution >= 4 is 17.3 Å². The normalized spacial score (nSPS) is 14.7. The summed E-state index contributed by atoms with van der Waals surface area (Å²) in [4.78, 5) is 40.0. The Hall–Kier alpha value is -3.29. The highest BCUT2D eigenvalue weighted by Gasteiger charge is 2.24. The Balaban J connectivity index is 1.75. The average Bonchev–Trinajstić information content (AvgIpc) is 2.98. The number of rotatable bonds is 5. The lowest BCUT2D eigenvalue weighted by Crippen LogP contribution is -2.33. The summed E-state index contributed by atoms with van der Waals surface area (Å²) in [7, 11) is 0. The molecule has 0 bridgehead atoms. The first-order chi connectivity index (χ1) is 13.0. The molecule has 0 amide bonds. The highest BCUT2D eigenvalue weighted by atomic mass is 16.4. The van der Waals surface area contributed by atoms with Gasteiger partial charge in [0.2, 0.25) is 0 Å². The summed E-state index contributed by atoms with van der Waals surface area (Å²) in [5.41, 5.74) is 1.93. The van der Waals surface area contributed by atoms with Gasteiger partial charge < -0.3 is 15.4 Å². The summed E-state index contributed by atoms with van der Waals surface area (Å²) in [5.74, 6) is -1.07. The Morgan fingerprint density at radius 2 is 1.93 bits per heavy atom. The highest BCUT2D eigenvalue weighted by molar-refractivity contribution is 5.80. The zero-order valence-corrected chi connectivity index (χ0v) is 14.6. The summed E-state index contributed by atoms with van der Waals surface area (Å²) in [6.07, 6.45) is 3.54. The van der Waals surface area contributed by atoms with E-state index in [1.807, 2.05) is 30.3 Å². The molecule has 8 heteroatoms. The van der Waals surface area contributed by atoms with Gasteiger partial charge >= 0.3 is 5.97 Å². The van der Waals surface area contributed by atoms with Crippen LogP contribution in [0.4, 0.5) is 5.69 Å². The Morgan fingerprint density at radius 1 is 1.19 bits per heavy atom. The number of nitrogens with zero attached hydrogens (tertiary/aromatic N) is 1. The van der Waals surface area contributed by atoms with E-state index in [9.17, 15) is 19.5 Å². The van der Waals surface area contributed by atoms with Crippen LogP contribution in [0.5, 0.6) is 0 Å². The van der Waals surface area contributed by atoms with E-state index in [2.05, 4.69) is 15.4 Å². The maximum atomic E-state index is 12.7. The Labute approximate surface area is 153 Å². The van der Waals surface area contributed by atoms with Gasteiger partial charge in [0.05, 0.1) is 0 Å². The molecule has 0 aliphatic heterocycles. The molecular weight excluding hydrogens is 348 g/mol. The molecule has 0 saturated carbocycles. The number of hydrogen-bond acceptors (Lipinski definition) is 4. The second-order valence-corrected chi connectivity index (χ2v) is 6.82. The third kappa shape index (κ3) is 3.14. The number of aliphatic carboxylic acids is 1. The number of carboxylic acid groups (broad SMARTS) is 1. The molecule has 0 saturated heterocycles. The Morgan fingerprint density at radius 3 is 2.67 bits per heavy atom. The van der Waals surface area contributed by atoms with E-state index in [1.165, 1.54) is 4.52 Å². The first kappa shape index (κ1) is 17.1. The maximum absolute atomic E-state index is 12.7. The zero-order chi connectivity index (χ0) is 19.0. The van der Waals surface area contributed by atoms with Crippen LogP contribution < -0.4 is 16.4 Å². The van der Waals surface area contributed by atoms with E-state index >= 15 is 0 Å². The van der Waals surface area contributed by atoms with Crippen molar-refractivity contribution in [2.24, 2.45) is 0 Å². The lowest BCUT2D eigenvalue weighted by molar-refractivity contribution is -0.137. The van der Waals surface area contributed by atoms with E-state index < -0.39 is 17.6 Å². The molecule has 3 aromatic rings. The van der Waals surface area contributed by atoms with Crippen LogP contribution in [0, 0.1) is 0 Å². The van der Waals surface area contributed by atoms with E-state index in [1.54, 1.807) is 0 Å². The summed E-state index contributed by atoms with van der Waals surface area (Å²) in [6.45, 7) is 0. The number of benzene rings is 1. The van der Waals surface area contributed by atoms with Crippen molar-refractivity contribution in [3.05, 3.63) is 67.9 Å². The Kier molecular flexibility index (Phi) is 4.31. The van der Waals surface area contributed by atoms with Gasteiger partial charge in [-0.05, 0) is 31.2 Å². The van der Waals surface area contributed by atoms with Gasteiger partial charge in [0.15, 0.2) is 5.65 Å². The van der Waals surface area contributed by atoms with Crippen molar-refractivity contribution < 1.29 is 9.90 Å². The predicted octanol–water partition coefficient (Wildman–Crippen LogP) is 1.30. The van der Waals surface area contributed by atoms with Gasteiger partial charge in [0.1, 0.15) is 11.7 Å². The summed E-state index contributed by atoms with van der Waals surface area (Å²) in [5, 5.41) is 14.9. The van der Waals surface area contributed by atoms with Gasteiger partial charge in [-0.15, -0.1) is 0 Å². The number of anilines is 1. The van der Waals surface area contributed by atoms with Crippen molar-refractivity contribution in [2.45, 2.75) is 38.1 Å². The number of nitrogens with one attached hydrogen (secondary N) is 3. The standard InChI is InChI=1S/C19H20N4O4/c24-17-15(20-14(19(26)27)10-11-6-2-1-3-7-11)16-21-13-9-5-4-8-12(13)18(25)23(16)22-17/h1-3,6-7,14,20-21H,4-5,8-10H2,(H,22,24)(H,26,27). The maximum Gasteiger partial charge on any atom is 0.326 e. The highest BCUT2D eigenvalue weighted by Crippen LogP contribution is 2.19. The number of fused-ring (bicyclic) bond motifs is 2. The molecule has 2 heterocycles. The fraction of sp³-hybridized carbons (Fsp3) is 0.316. The number of carbonyl (C=O) groups is 1. The quantitative estimate of drug-likeness (QED) is 0.541. The van der Waals surface area contributed by atoms with Crippen molar-refractivity contribution in [1.29, 1.82) is 0 Å². The smallest absolute Gasteiger partial charge is 0.326 e. The molecule has 0 radical (unpaired) electrons. The van der Waals surface area contributed by atoms with E-state index in [0.29, 0.717) is 12.0 Å². The van der Waals surface area contributed by atoms with Crippen molar-refractivity contribution in [3.8, 4) is 0 Å². The second kappa shape index (κ2) is 6.79. The van der Waals surface area contributed by atoms with Crippen LogP contribution in [-0.2, 0) is 24.1 Å². The third-order valence-electron chi connectivity index (χ3n) is 5.00. The molecule has 0 spiro atoms. The molecule has 1 aliphatic rings. The van der Waals surface area contributed by atoms with Crippen LogP contribution in [0.3, 0.4) is 0 Å². The Bertz CT molecular complexity index is 1110. The molecule has 0 fully saturated rings. The summed E-state index contributed by atoms with van der Waals surface area (Å²) < 4.78 is 1.18. The molecule has 2 aromatic heterocycles. The van der Waals surface area contributed by atoms with Gasteiger partial charge in [-0.25, -0.2) is 4.79 Å². The number of aryl methyl sites for hydroxylation is 1. The molecule has 140 valence electrons. The van der Waals surface area contributed by atoms with Crippen molar-refractivity contribution in [2.75, 3.05) is 5.32 Å². The monoisotopic (exact) mass is 368 g/mol. The number of hydrogen-bond donors (Lipinski definition) is 4. The number of H-pyrrole nitrogens is 2. The fourth-order valence-electron chi connectivity index (χ4n) is 3.62. The molecule has 27 heavy (non-hydrogen) atoms. The minimum Gasteiger partial charge on any atom is -0.480 e. The first-order valence-electron chi connectivity index (χ1n) is 8.96. The molecule has 1 unspecified atom stereocenters. The van der Waals surface area contributed by atoms with Crippen LogP contribution in [0.15, 0.2) is 39.9 Å². The first-order valence-corrected chi connectivity index (χ1v) is 8.96. The van der Waals surface area contributed by atoms with Gasteiger partial charge in [-0.2, -0.15) is 4.52 Å². The van der Waals surface area contributed by atoms with Gasteiger partial charge in [0, 0.05) is 17.7 Å². The summed E-state index contributed by atoms with van der Waals surface area (Å²) >= 11 is 0. The van der Waals surface area contributed by atoms with Crippen molar-refractivity contribution in [3.63, 3.8) is 0 Å². The van der Waals surface area contributed by atoms with Gasteiger partial charge in [-0.3, -0.25) is 14.7 Å². The zero-order valence-electron chi connectivity index (χ0n) is 14.6.